The quantitative estimate of drug-likeness (QED) is 0.306. The highest BCUT2D eigenvalue weighted by atomic mass is 35.5. The minimum atomic E-state index is -0.499. The molecule has 6 nitrogen and oxygen atoms in total. The van der Waals surface area contributed by atoms with Gasteiger partial charge in [0, 0.05) is 12.1 Å². The topological polar surface area (TPSA) is 67.4 Å². The van der Waals surface area contributed by atoms with E-state index < -0.39 is 4.92 Å². The summed E-state index contributed by atoms with van der Waals surface area (Å²) in [6.45, 7) is 0. The molecule has 1 N–H and O–H groups in total. The van der Waals surface area contributed by atoms with Gasteiger partial charge in [-0.15, -0.1) is 0 Å². The Labute approximate surface area is 139 Å². The van der Waals surface area contributed by atoms with E-state index in [1.54, 1.807) is 0 Å². The summed E-state index contributed by atoms with van der Waals surface area (Å²) in [6.07, 6.45) is 0. The van der Waals surface area contributed by atoms with Crippen LogP contribution in [0.5, 0.6) is 11.5 Å². The number of nitro groups is 1. The second-order valence-corrected chi connectivity index (χ2v) is 5.40. The van der Waals surface area contributed by atoms with Gasteiger partial charge in [0.25, 0.3) is 11.5 Å². The summed E-state index contributed by atoms with van der Waals surface area (Å²) in [7, 11) is 5.76. The van der Waals surface area contributed by atoms with Gasteiger partial charge in [-0.3, -0.25) is 20.0 Å². The average Bonchev–Trinajstić information content (AvgIpc) is 2.51. The molecule has 0 aliphatic heterocycles. The number of nitrogens with zero attached hydrogens (tertiary/aromatic N) is 2. The van der Waals surface area contributed by atoms with Crippen LogP contribution in [-0.4, -0.2) is 36.5 Å². The Hall–Kier alpha value is -2.60. The zero-order valence-electron chi connectivity index (χ0n) is 13.0. The molecule has 23 heavy (non-hydrogen) atoms. The third kappa shape index (κ3) is 3.98. The zero-order chi connectivity index (χ0) is 17.0. The average molecular weight is 335 g/mol. The summed E-state index contributed by atoms with van der Waals surface area (Å²) in [4.78, 5) is 10.2. The third-order valence-electron chi connectivity index (χ3n) is 3.17. The van der Waals surface area contributed by atoms with Crippen molar-refractivity contribution in [2.45, 2.75) is 0 Å². The van der Waals surface area contributed by atoms with E-state index in [2.05, 4.69) is 5.32 Å². The molecule has 0 atom stereocenters. The van der Waals surface area contributed by atoms with Gasteiger partial charge in [0.05, 0.1) is 36.7 Å². The lowest BCUT2D eigenvalue weighted by Gasteiger charge is -2.08. The fraction of sp³-hybridized carbons (Fsp3) is 0.188. The van der Waals surface area contributed by atoms with Crippen LogP contribution in [0.3, 0.4) is 0 Å². The first kappa shape index (κ1) is 16.8. The van der Waals surface area contributed by atoms with Crippen molar-refractivity contribution in [3.8, 4) is 11.5 Å². The molecule has 0 aliphatic carbocycles. The van der Waals surface area contributed by atoms with Crippen molar-refractivity contribution in [1.82, 2.24) is 5.32 Å². The van der Waals surface area contributed by atoms with Crippen LogP contribution in [0.25, 0.3) is 0 Å². The number of amidine groups is 1. The number of rotatable bonds is 4. The number of halogens is 1. The number of ether oxygens (including phenoxy) is 1. The molecular weight excluding hydrogens is 318 g/mol. The van der Waals surface area contributed by atoms with E-state index >= 15 is 0 Å². The Morgan fingerprint density at radius 2 is 1.83 bits per heavy atom. The van der Waals surface area contributed by atoms with Gasteiger partial charge in [0.15, 0.2) is 0 Å². The highest BCUT2D eigenvalue weighted by Gasteiger charge is 2.12. The predicted octanol–water partition coefficient (Wildman–Crippen LogP) is 3.28. The Bertz CT molecular complexity index is 754. The zero-order valence-corrected chi connectivity index (χ0v) is 13.8. The van der Waals surface area contributed by atoms with Crippen LogP contribution in [0.1, 0.15) is 5.56 Å². The van der Waals surface area contributed by atoms with Crippen molar-refractivity contribution in [1.29, 1.82) is 0 Å². The summed E-state index contributed by atoms with van der Waals surface area (Å²) >= 11 is 6.02. The molecule has 2 aromatic carbocycles. The lowest BCUT2D eigenvalue weighted by atomic mass is 10.2. The van der Waals surface area contributed by atoms with Crippen molar-refractivity contribution in [3.05, 3.63) is 63.2 Å². The largest absolute Gasteiger partial charge is 0.456 e. The summed E-state index contributed by atoms with van der Waals surface area (Å²) in [5, 5.41) is 14.0. The number of non-ortho nitro benzene ring substituents is 1. The van der Waals surface area contributed by atoms with E-state index in [4.69, 9.17) is 16.3 Å². The molecule has 0 aromatic heterocycles. The maximum Gasteiger partial charge on any atom is 0.276 e. The fourth-order valence-corrected chi connectivity index (χ4v) is 2.33. The summed E-state index contributed by atoms with van der Waals surface area (Å²) < 4.78 is 7.65. The van der Waals surface area contributed by atoms with Crippen molar-refractivity contribution in [2.75, 3.05) is 21.1 Å². The minimum Gasteiger partial charge on any atom is -0.456 e. The van der Waals surface area contributed by atoms with Gasteiger partial charge in [0.2, 0.25) is 0 Å². The summed E-state index contributed by atoms with van der Waals surface area (Å²) in [5.74, 6) is 1.94. The van der Waals surface area contributed by atoms with Crippen molar-refractivity contribution in [3.63, 3.8) is 0 Å². The van der Waals surface area contributed by atoms with Gasteiger partial charge in [0.1, 0.15) is 11.5 Å². The number of nitro benzene ring substituents is 1. The highest BCUT2D eigenvalue weighted by molar-refractivity contribution is 6.32. The minimum absolute atomic E-state index is 0.0723. The van der Waals surface area contributed by atoms with E-state index in [9.17, 15) is 10.1 Å². The molecule has 2 rings (SSSR count). The SMILES string of the molecule is CNC(c1ccc(Oc2ccc([N+](=O)[O-])cc2Cl)cc1)=[N+](C)C. The Kier molecular flexibility index (Phi) is 5.18. The first-order valence-electron chi connectivity index (χ1n) is 6.86. The fourth-order valence-electron chi connectivity index (χ4n) is 2.12. The number of nitrogens with one attached hydrogen (secondary N) is 1. The van der Waals surface area contributed by atoms with Crippen molar-refractivity contribution >= 4 is 23.1 Å². The van der Waals surface area contributed by atoms with E-state index in [1.807, 2.05) is 50.0 Å². The molecule has 0 spiro atoms. The normalized spacial score (nSPS) is 10.1. The molecule has 0 amide bonds. The number of benzene rings is 2. The van der Waals surface area contributed by atoms with Gasteiger partial charge < -0.3 is 4.74 Å². The Morgan fingerprint density at radius 3 is 2.30 bits per heavy atom. The van der Waals surface area contributed by atoms with E-state index in [1.165, 1.54) is 18.2 Å². The first-order chi connectivity index (χ1) is 10.9. The Morgan fingerprint density at radius 1 is 1.17 bits per heavy atom. The standard InChI is InChI=1S/C16H16ClN3O3/c1-18-16(19(2)3)11-4-7-13(8-5-11)23-15-9-6-12(20(21)22)10-14(15)17/h4-10H,1-3H3/p+1. The molecule has 0 fully saturated rings. The highest BCUT2D eigenvalue weighted by Crippen LogP contribution is 2.32. The lowest BCUT2D eigenvalue weighted by molar-refractivity contribution is -0.465. The maximum atomic E-state index is 10.7. The number of hydrogen-bond donors (Lipinski definition) is 1. The molecule has 120 valence electrons. The lowest BCUT2D eigenvalue weighted by Crippen LogP contribution is -2.28. The van der Waals surface area contributed by atoms with Crippen LogP contribution in [-0.2, 0) is 0 Å². The van der Waals surface area contributed by atoms with Crippen LogP contribution >= 0.6 is 11.6 Å². The van der Waals surface area contributed by atoms with Gasteiger partial charge in [-0.1, -0.05) is 11.6 Å². The molecule has 2 aromatic rings. The van der Waals surface area contributed by atoms with Gasteiger partial charge in [-0.2, -0.15) is 0 Å². The van der Waals surface area contributed by atoms with E-state index in [0.29, 0.717) is 11.5 Å². The third-order valence-corrected chi connectivity index (χ3v) is 3.46. The molecule has 0 aliphatic rings. The first-order valence-corrected chi connectivity index (χ1v) is 7.24. The number of hydrogen-bond acceptors (Lipinski definition) is 3. The van der Waals surface area contributed by atoms with Gasteiger partial charge in [-0.25, -0.2) is 0 Å². The predicted molar refractivity (Wildman–Crippen MR) is 89.9 cm³/mol. The van der Waals surface area contributed by atoms with Crippen LogP contribution in [0.4, 0.5) is 5.69 Å². The molecule has 0 unspecified atom stereocenters. The van der Waals surface area contributed by atoms with E-state index in [-0.39, 0.29) is 10.7 Å². The Balaban J connectivity index is 2.22. The van der Waals surface area contributed by atoms with Crippen LogP contribution < -0.4 is 10.1 Å². The monoisotopic (exact) mass is 334 g/mol. The van der Waals surface area contributed by atoms with Gasteiger partial charge in [-0.05, 0) is 30.3 Å². The van der Waals surface area contributed by atoms with Crippen molar-refractivity contribution < 1.29 is 14.2 Å². The molecule has 7 heteroatoms. The van der Waals surface area contributed by atoms with Crippen LogP contribution in [0, 0.1) is 10.1 Å². The van der Waals surface area contributed by atoms with Crippen LogP contribution in [0.2, 0.25) is 5.02 Å². The van der Waals surface area contributed by atoms with Crippen molar-refractivity contribution in [2.24, 2.45) is 0 Å². The summed E-state index contributed by atoms with van der Waals surface area (Å²) in [5.41, 5.74) is 0.941. The molecule has 0 saturated carbocycles. The second-order valence-electron chi connectivity index (χ2n) is 4.99. The van der Waals surface area contributed by atoms with Crippen LogP contribution in [0.15, 0.2) is 42.5 Å². The summed E-state index contributed by atoms with van der Waals surface area (Å²) in [6, 6.07) is 11.6. The second kappa shape index (κ2) is 7.11. The smallest absolute Gasteiger partial charge is 0.276 e. The van der Waals surface area contributed by atoms with Gasteiger partial charge >= 0.3 is 0 Å². The van der Waals surface area contributed by atoms with E-state index in [0.717, 1.165) is 11.4 Å². The maximum absolute atomic E-state index is 10.7. The molecule has 0 heterocycles. The molecule has 0 saturated heterocycles. The molecular formula is C16H17ClN3O3+. The molecule has 0 bridgehead atoms. The molecule has 0 radical (unpaired) electrons.